The maximum Gasteiger partial charge on any atom is 0.246 e. The van der Waals surface area contributed by atoms with E-state index in [1.54, 1.807) is 15.2 Å². The lowest BCUT2D eigenvalue weighted by Crippen LogP contribution is -2.42. The Kier molecular flexibility index (Phi) is 5.40. The molecule has 0 radical (unpaired) electrons. The van der Waals surface area contributed by atoms with Crippen LogP contribution in [0.4, 0.5) is 0 Å². The predicted octanol–water partition coefficient (Wildman–Crippen LogP) is 4.33. The molecule has 1 aliphatic heterocycles. The van der Waals surface area contributed by atoms with Crippen molar-refractivity contribution >= 4 is 21.4 Å². The number of benzene rings is 1. The summed E-state index contributed by atoms with van der Waals surface area (Å²) >= 11 is 1.51. The van der Waals surface area contributed by atoms with Gasteiger partial charge in [-0.1, -0.05) is 50.2 Å². The van der Waals surface area contributed by atoms with Crippen molar-refractivity contribution in [1.29, 1.82) is 0 Å². The Morgan fingerprint density at radius 3 is 2.43 bits per heavy atom. The van der Waals surface area contributed by atoms with Gasteiger partial charge in [-0.2, -0.15) is 9.40 Å². The molecule has 2 aromatic heterocycles. The average molecular weight is 416 g/mol. The van der Waals surface area contributed by atoms with Crippen molar-refractivity contribution in [1.82, 2.24) is 14.1 Å². The minimum Gasteiger partial charge on any atom is -0.266 e. The maximum absolute atomic E-state index is 13.5. The fourth-order valence-electron chi connectivity index (χ4n) is 3.97. The number of piperidine rings is 1. The highest BCUT2D eigenvalue weighted by Crippen LogP contribution is 2.34. The van der Waals surface area contributed by atoms with Gasteiger partial charge in [-0.15, -0.1) is 11.3 Å². The molecule has 0 saturated carbocycles. The van der Waals surface area contributed by atoms with Crippen molar-refractivity contribution in [2.75, 3.05) is 13.1 Å². The SMILES string of the molecule is CC1CC(C)CN(S(=O)(=O)c2cn(Cc3ccccc3)nc2-c2cccs2)C1. The summed E-state index contributed by atoms with van der Waals surface area (Å²) in [6, 6.07) is 13.8. The van der Waals surface area contributed by atoms with Gasteiger partial charge in [0.1, 0.15) is 10.6 Å². The number of nitrogens with zero attached hydrogens (tertiary/aromatic N) is 3. The minimum absolute atomic E-state index is 0.312. The zero-order valence-electron chi connectivity index (χ0n) is 16.2. The van der Waals surface area contributed by atoms with E-state index >= 15 is 0 Å². The van der Waals surface area contributed by atoms with Crippen molar-refractivity contribution in [3.05, 3.63) is 59.6 Å². The lowest BCUT2D eigenvalue weighted by atomic mass is 9.94. The summed E-state index contributed by atoms with van der Waals surface area (Å²) in [5, 5.41) is 6.62. The largest absolute Gasteiger partial charge is 0.266 e. The van der Waals surface area contributed by atoms with Crippen molar-refractivity contribution in [3.8, 4) is 10.6 Å². The number of aromatic nitrogens is 2. The molecular formula is C21H25N3O2S2. The van der Waals surface area contributed by atoms with E-state index in [9.17, 15) is 8.42 Å². The molecule has 0 amide bonds. The van der Waals surface area contributed by atoms with Crippen LogP contribution in [0.1, 0.15) is 25.8 Å². The molecular weight excluding hydrogens is 390 g/mol. The summed E-state index contributed by atoms with van der Waals surface area (Å²) in [6.45, 7) is 5.93. The van der Waals surface area contributed by atoms with E-state index in [2.05, 4.69) is 18.9 Å². The lowest BCUT2D eigenvalue weighted by Gasteiger charge is -2.33. The lowest BCUT2D eigenvalue weighted by molar-refractivity contribution is 0.222. The quantitative estimate of drug-likeness (QED) is 0.623. The van der Waals surface area contributed by atoms with E-state index in [-0.39, 0.29) is 0 Å². The van der Waals surface area contributed by atoms with Gasteiger partial charge >= 0.3 is 0 Å². The Hall–Kier alpha value is -1.96. The third kappa shape index (κ3) is 3.92. The van der Waals surface area contributed by atoms with Crippen LogP contribution >= 0.6 is 11.3 Å². The van der Waals surface area contributed by atoms with E-state index < -0.39 is 10.0 Å². The molecule has 1 fully saturated rings. The maximum atomic E-state index is 13.5. The van der Waals surface area contributed by atoms with Gasteiger partial charge in [0.05, 0.1) is 11.4 Å². The van der Waals surface area contributed by atoms with Crippen LogP contribution in [-0.4, -0.2) is 35.6 Å². The number of hydrogen-bond acceptors (Lipinski definition) is 4. The van der Waals surface area contributed by atoms with Gasteiger partial charge in [0.15, 0.2) is 0 Å². The molecule has 0 N–H and O–H groups in total. The minimum atomic E-state index is -3.60. The Labute approximate surface area is 170 Å². The molecule has 0 bridgehead atoms. The second kappa shape index (κ2) is 7.81. The number of thiophene rings is 1. The van der Waals surface area contributed by atoms with E-state index in [1.165, 1.54) is 11.3 Å². The van der Waals surface area contributed by atoms with Crippen molar-refractivity contribution in [2.24, 2.45) is 11.8 Å². The van der Waals surface area contributed by atoms with Gasteiger partial charge in [-0.3, -0.25) is 4.68 Å². The van der Waals surface area contributed by atoms with Crippen molar-refractivity contribution < 1.29 is 8.42 Å². The monoisotopic (exact) mass is 415 g/mol. The van der Waals surface area contributed by atoms with Gasteiger partial charge < -0.3 is 0 Å². The highest BCUT2D eigenvalue weighted by molar-refractivity contribution is 7.89. The highest BCUT2D eigenvalue weighted by atomic mass is 32.2. The molecule has 4 rings (SSSR count). The summed E-state index contributed by atoms with van der Waals surface area (Å²) in [7, 11) is -3.60. The Balaban J connectivity index is 1.74. The molecule has 1 aliphatic rings. The molecule has 148 valence electrons. The molecule has 0 spiro atoms. The molecule has 5 nitrogen and oxygen atoms in total. The first-order valence-electron chi connectivity index (χ1n) is 9.59. The van der Waals surface area contributed by atoms with E-state index in [0.717, 1.165) is 16.9 Å². The van der Waals surface area contributed by atoms with Crippen LogP contribution in [0.5, 0.6) is 0 Å². The smallest absolute Gasteiger partial charge is 0.246 e. The topological polar surface area (TPSA) is 55.2 Å². The standard InChI is InChI=1S/C21H25N3O2S2/c1-16-11-17(2)13-24(12-16)28(25,26)20-15-23(14-18-7-4-3-5-8-18)22-21(20)19-9-6-10-27-19/h3-10,15-17H,11-14H2,1-2H3. The van der Waals surface area contributed by atoms with E-state index in [0.29, 0.717) is 42.1 Å². The van der Waals surface area contributed by atoms with Crippen LogP contribution in [0.2, 0.25) is 0 Å². The van der Waals surface area contributed by atoms with Gasteiger partial charge in [0.2, 0.25) is 10.0 Å². The third-order valence-corrected chi connectivity index (χ3v) is 7.83. The van der Waals surface area contributed by atoms with Crippen molar-refractivity contribution in [2.45, 2.75) is 31.7 Å². The first-order chi connectivity index (χ1) is 13.4. The molecule has 28 heavy (non-hydrogen) atoms. The molecule has 3 aromatic rings. The van der Waals surface area contributed by atoms with E-state index in [4.69, 9.17) is 0 Å². The van der Waals surface area contributed by atoms with Gasteiger partial charge in [-0.05, 0) is 35.3 Å². The van der Waals surface area contributed by atoms with E-state index in [1.807, 2.05) is 47.8 Å². The van der Waals surface area contributed by atoms with Crippen molar-refractivity contribution in [3.63, 3.8) is 0 Å². The first-order valence-corrected chi connectivity index (χ1v) is 11.9. The fraction of sp³-hybridized carbons (Fsp3) is 0.381. The molecule has 2 unspecified atom stereocenters. The normalized spacial score (nSPS) is 21.1. The van der Waals surface area contributed by atoms with Crippen LogP contribution in [0.3, 0.4) is 0 Å². The summed E-state index contributed by atoms with van der Waals surface area (Å²) in [4.78, 5) is 1.19. The second-order valence-corrected chi connectivity index (χ2v) is 10.6. The molecule has 7 heteroatoms. The van der Waals surface area contributed by atoms with Crippen LogP contribution in [0.25, 0.3) is 10.6 Å². The molecule has 2 atom stereocenters. The number of rotatable bonds is 5. The average Bonchev–Trinajstić information content (AvgIpc) is 3.31. The summed E-state index contributed by atoms with van der Waals surface area (Å²) in [5.74, 6) is 0.728. The third-order valence-electron chi connectivity index (χ3n) is 5.12. The second-order valence-electron chi connectivity index (χ2n) is 7.77. The zero-order valence-corrected chi connectivity index (χ0v) is 17.8. The Bertz CT molecular complexity index is 1020. The van der Waals surface area contributed by atoms with Crippen LogP contribution in [-0.2, 0) is 16.6 Å². The molecule has 1 saturated heterocycles. The molecule has 0 aliphatic carbocycles. The number of sulfonamides is 1. The molecule has 1 aromatic carbocycles. The zero-order chi connectivity index (χ0) is 19.7. The summed E-state index contributed by atoms with van der Waals surface area (Å²) in [6.07, 6.45) is 2.76. The fourth-order valence-corrected chi connectivity index (χ4v) is 6.59. The van der Waals surface area contributed by atoms with Gasteiger partial charge in [-0.25, -0.2) is 8.42 Å². The molecule has 3 heterocycles. The summed E-state index contributed by atoms with van der Waals surface area (Å²) < 4.78 is 30.5. The predicted molar refractivity (Wildman–Crippen MR) is 113 cm³/mol. The summed E-state index contributed by atoms with van der Waals surface area (Å²) in [5.41, 5.74) is 1.64. The highest BCUT2D eigenvalue weighted by Gasteiger charge is 2.35. The van der Waals surface area contributed by atoms with Crippen LogP contribution in [0, 0.1) is 11.8 Å². The number of hydrogen-bond donors (Lipinski definition) is 0. The first kappa shape index (κ1) is 19.4. The van der Waals surface area contributed by atoms with Crippen LogP contribution in [0.15, 0.2) is 58.9 Å². The Morgan fingerprint density at radius 1 is 1.07 bits per heavy atom. The van der Waals surface area contributed by atoms with Gasteiger partial charge in [0, 0.05) is 19.3 Å². The Morgan fingerprint density at radius 2 is 1.79 bits per heavy atom. The van der Waals surface area contributed by atoms with Gasteiger partial charge in [0.25, 0.3) is 0 Å². The van der Waals surface area contributed by atoms with Crippen LogP contribution < -0.4 is 0 Å².